The number of aromatic nitrogens is 4. The molecule has 174 valence electrons. The van der Waals surface area contributed by atoms with Crippen molar-refractivity contribution >= 4 is 5.91 Å². The van der Waals surface area contributed by atoms with Gasteiger partial charge in [0.25, 0.3) is 5.56 Å². The molecule has 1 atom stereocenters. The van der Waals surface area contributed by atoms with Gasteiger partial charge in [-0.15, -0.1) is 5.10 Å². The van der Waals surface area contributed by atoms with Gasteiger partial charge in [0.1, 0.15) is 6.04 Å². The molecule has 0 spiro atoms. The molecule has 4 rings (SSSR count). The van der Waals surface area contributed by atoms with Gasteiger partial charge in [-0.25, -0.2) is 9.36 Å². The third-order valence-corrected chi connectivity index (χ3v) is 5.80. The molecule has 0 aliphatic rings. The van der Waals surface area contributed by atoms with Gasteiger partial charge < -0.3 is 4.90 Å². The van der Waals surface area contributed by atoms with Crippen LogP contribution in [0.4, 0.5) is 0 Å². The van der Waals surface area contributed by atoms with E-state index in [1.165, 1.54) is 10.7 Å². The van der Waals surface area contributed by atoms with E-state index in [2.05, 4.69) is 22.3 Å². The Kier molecular flexibility index (Phi) is 7.01. The molecule has 7 nitrogen and oxygen atoms in total. The molecule has 0 N–H and O–H groups in total. The first-order valence-electron chi connectivity index (χ1n) is 11.4. The number of hydrogen-bond donors (Lipinski definition) is 0. The van der Waals surface area contributed by atoms with Gasteiger partial charge in [0.05, 0.1) is 5.69 Å². The SMILES string of the molecule is Cc1cc(C)n(-c2ccc(=O)n(C(C)C(=O)N(CCc3ccccc3)Cc3ccccc3)n2)n1. The van der Waals surface area contributed by atoms with Crippen LogP contribution in [-0.4, -0.2) is 36.9 Å². The summed E-state index contributed by atoms with van der Waals surface area (Å²) in [7, 11) is 0. The summed E-state index contributed by atoms with van der Waals surface area (Å²) in [4.78, 5) is 28.1. The minimum absolute atomic E-state index is 0.153. The van der Waals surface area contributed by atoms with Gasteiger partial charge in [-0.2, -0.15) is 5.10 Å². The maximum Gasteiger partial charge on any atom is 0.267 e. The minimum atomic E-state index is -0.760. The van der Waals surface area contributed by atoms with Crippen LogP contribution in [0, 0.1) is 13.8 Å². The van der Waals surface area contributed by atoms with E-state index < -0.39 is 6.04 Å². The van der Waals surface area contributed by atoms with Gasteiger partial charge in [-0.05, 0) is 50.5 Å². The Bertz CT molecular complexity index is 1310. The zero-order chi connectivity index (χ0) is 24.1. The van der Waals surface area contributed by atoms with E-state index in [-0.39, 0.29) is 11.5 Å². The van der Waals surface area contributed by atoms with Crippen LogP contribution < -0.4 is 5.56 Å². The average molecular weight is 456 g/mol. The Morgan fingerprint density at radius 3 is 2.18 bits per heavy atom. The Hall–Kier alpha value is -4.00. The summed E-state index contributed by atoms with van der Waals surface area (Å²) in [6.45, 7) is 6.55. The van der Waals surface area contributed by atoms with Crippen molar-refractivity contribution in [3.05, 3.63) is 112 Å². The Morgan fingerprint density at radius 1 is 0.912 bits per heavy atom. The number of hydrogen-bond acceptors (Lipinski definition) is 4. The van der Waals surface area contributed by atoms with Crippen LogP contribution in [0.25, 0.3) is 5.82 Å². The molecule has 0 saturated carbocycles. The van der Waals surface area contributed by atoms with Gasteiger partial charge in [-0.3, -0.25) is 9.59 Å². The highest BCUT2D eigenvalue weighted by Crippen LogP contribution is 2.15. The van der Waals surface area contributed by atoms with Crippen LogP contribution in [0.1, 0.15) is 35.5 Å². The molecule has 7 heteroatoms. The highest BCUT2D eigenvalue weighted by atomic mass is 16.2. The molecule has 1 unspecified atom stereocenters. The number of benzene rings is 2. The third kappa shape index (κ3) is 5.31. The third-order valence-electron chi connectivity index (χ3n) is 5.80. The summed E-state index contributed by atoms with van der Waals surface area (Å²) in [5.74, 6) is 0.351. The van der Waals surface area contributed by atoms with Crippen molar-refractivity contribution in [3.8, 4) is 5.82 Å². The van der Waals surface area contributed by atoms with Crippen molar-refractivity contribution in [1.82, 2.24) is 24.5 Å². The highest BCUT2D eigenvalue weighted by Gasteiger charge is 2.24. The second-order valence-corrected chi connectivity index (χ2v) is 8.47. The molecule has 2 aromatic carbocycles. The first-order chi connectivity index (χ1) is 16.4. The van der Waals surface area contributed by atoms with E-state index in [1.54, 1.807) is 22.6 Å². The topological polar surface area (TPSA) is 73.0 Å². The lowest BCUT2D eigenvalue weighted by molar-refractivity contribution is -0.135. The number of aryl methyl sites for hydroxylation is 2. The van der Waals surface area contributed by atoms with Crippen molar-refractivity contribution in [2.24, 2.45) is 0 Å². The van der Waals surface area contributed by atoms with Gasteiger partial charge >= 0.3 is 0 Å². The summed E-state index contributed by atoms with van der Waals surface area (Å²) in [6, 6.07) is 24.2. The normalized spacial score (nSPS) is 11.9. The molecule has 34 heavy (non-hydrogen) atoms. The van der Waals surface area contributed by atoms with Crippen LogP contribution in [0.3, 0.4) is 0 Å². The number of nitrogens with zero attached hydrogens (tertiary/aromatic N) is 5. The van der Waals surface area contributed by atoms with Gasteiger partial charge in [0.2, 0.25) is 5.91 Å². The fourth-order valence-electron chi connectivity index (χ4n) is 4.01. The lowest BCUT2D eigenvalue weighted by Crippen LogP contribution is -2.41. The average Bonchev–Trinajstić information content (AvgIpc) is 3.20. The second-order valence-electron chi connectivity index (χ2n) is 8.47. The fraction of sp³-hybridized carbons (Fsp3) is 0.259. The van der Waals surface area contributed by atoms with E-state index in [4.69, 9.17) is 0 Å². The van der Waals surface area contributed by atoms with Crippen LogP contribution in [0.15, 0.2) is 83.7 Å². The van der Waals surface area contributed by atoms with E-state index >= 15 is 0 Å². The Labute approximate surface area is 199 Å². The monoisotopic (exact) mass is 455 g/mol. The molecular formula is C27H29N5O2. The highest BCUT2D eigenvalue weighted by molar-refractivity contribution is 5.80. The van der Waals surface area contributed by atoms with Crippen LogP contribution in [0.5, 0.6) is 0 Å². The minimum Gasteiger partial charge on any atom is -0.336 e. The molecule has 1 amide bonds. The smallest absolute Gasteiger partial charge is 0.267 e. The number of rotatable bonds is 8. The lowest BCUT2D eigenvalue weighted by Gasteiger charge is -2.26. The van der Waals surface area contributed by atoms with Gasteiger partial charge in [0, 0.05) is 24.8 Å². The van der Waals surface area contributed by atoms with E-state index in [0.717, 1.165) is 28.9 Å². The predicted molar refractivity (Wildman–Crippen MR) is 132 cm³/mol. The summed E-state index contributed by atoms with van der Waals surface area (Å²) >= 11 is 0. The largest absolute Gasteiger partial charge is 0.336 e. The molecule has 0 saturated heterocycles. The van der Waals surface area contributed by atoms with E-state index in [0.29, 0.717) is 18.9 Å². The first-order valence-corrected chi connectivity index (χ1v) is 11.4. The molecule has 2 aromatic heterocycles. The van der Waals surface area contributed by atoms with Crippen molar-refractivity contribution in [2.75, 3.05) is 6.54 Å². The van der Waals surface area contributed by atoms with Crippen molar-refractivity contribution in [3.63, 3.8) is 0 Å². The van der Waals surface area contributed by atoms with E-state index in [1.807, 2.05) is 68.4 Å². The molecule has 0 bridgehead atoms. The van der Waals surface area contributed by atoms with Crippen molar-refractivity contribution in [1.29, 1.82) is 0 Å². The summed E-state index contributed by atoms with van der Waals surface area (Å²) < 4.78 is 2.94. The van der Waals surface area contributed by atoms with Crippen LogP contribution >= 0.6 is 0 Å². The zero-order valence-corrected chi connectivity index (χ0v) is 19.8. The number of carbonyl (C=O) groups is 1. The van der Waals surface area contributed by atoms with Crippen molar-refractivity contribution < 1.29 is 4.79 Å². The molecule has 0 radical (unpaired) electrons. The molecule has 0 aliphatic carbocycles. The molecule has 0 aliphatic heterocycles. The quantitative estimate of drug-likeness (QED) is 0.404. The predicted octanol–water partition coefficient (Wildman–Crippen LogP) is 3.88. The molecule has 4 aromatic rings. The standard InChI is InChI=1S/C27H29N5O2/c1-20-18-21(2)31(28-20)25-14-15-26(33)32(29-25)22(3)27(34)30(19-24-12-8-5-9-13-24)17-16-23-10-6-4-7-11-23/h4-15,18,22H,16-17,19H2,1-3H3. The second kappa shape index (κ2) is 10.3. The van der Waals surface area contributed by atoms with Gasteiger partial charge in [-0.1, -0.05) is 60.7 Å². The summed E-state index contributed by atoms with van der Waals surface area (Å²) in [5, 5.41) is 8.96. The summed E-state index contributed by atoms with van der Waals surface area (Å²) in [6.07, 6.45) is 0.722. The lowest BCUT2D eigenvalue weighted by atomic mass is 10.1. The number of amides is 1. The van der Waals surface area contributed by atoms with Crippen LogP contribution in [-0.2, 0) is 17.8 Å². The fourth-order valence-corrected chi connectivity index (χ4v) is 4.01. The zero-order valence-electron chi connectivity index (χ0n) is 19.8. The molecule has 0 fully saturated rings. The Balaban J connectivity index is 1.61. The number of carbonyl (C=O) groups excluding carboxylic acids is 1. The first kappa shape index (κ1) is 23.2. The van der Waals surface area contributed by atoms with Crippen molar-refractivity contribution in [2.45, 2.75) is 39.8 Å². The molecule has 2 heterocycles. The maximum absolute atomic E-state index is 13.6. The molecular weight excluding hydrogens is 426 g/mol. The Morgan fingerprint density at radius 2 is 1.56 bits per heavy atom. The maximum atomic E-state index is 13.6. The van der Waals surface area contributed by atoms with Crippen LogP contribution in [0.2, 0.25) is 0 Å². The van der Waals surface area contributed by atoms with E-state index in [9.17, 15) is 9.59 Å². The van der Waals surface area contributed by atoms with Gasteiger partial charge in [0.15, 0.2) is 5.82 Å². The summed E-state index contributed by atoms with van der Waals surface area (Å²) in [5.41, 5.74) is 3.63.